The maximum atomic E-state index is 14.1. The Balaban J connectivity index is 1.81. The van der Waals surface area contributed by atoms with Crippen molar-refractivity contribution in [2.45, 2.75) is 13.2 Å². The van der Waals surface area contributed by atoms with Crippen LogP contribution in [0, 0.1) is 10.6 Å². The Morgan fingerprint density at radius 1 is 1.19 bits per heavy atom. The fraction of sp³-hybridized carbons (Fsp3) is 0.263. The second-order valence-corrected chi connectivity index (χ2v) is 6.52. The van der Waals surface area contributed by atoms with E-state index in [1.807, 2.05) is 31.3 Å². The van der Waals surface area contributed by atoms with Gasteiger partial charge in [0.05, 0.1) is 19.3 Å². The molecule has 136 valence electrons. The van der Waals surface area contributed by atoms with Crippen LogP contribution in [-0.2, 0) is 20.3 Å². The molecule has 0 aliphatic rings. The van der Waals surface area contributed by atoms with Crippen molar-refractivity contribution >= 4 is 12.2 Å². The molecule has 0 spiro atoms. The summed E-state index contributed by atoms with van der Waals surface area (Å²) in [6.45, 7) is 1.21. The second kappa shape index (κ2) is 7.80. The summed E-state index contributed by atoms with van der Waals surface area (Å²) in [6, 6.07) is 14.5. The number of nitrogens with zero attached hydrogens (tertiary/aromatic N) is 4. The van der Waals surface area contributed by atoms with Gasteiger partial charge in [0.15, 0.2) is 10.6 Å². The van der Waals surface area contributed by atoms with Gasteiger partial charge in [-0.1, -0.05) is 24.3 Å². The topological polar surface area (TPSA) is 35.2 Å². The van der Waals surface area contributed by atoms with Crippen LogP contribution in [0.15, 0.2) is 48.5 Å². The monoisotopic (exact) mass is 372 g/mol. The molecule has 0 saturated carbocycles. The molecule has 0 N–H and O–H groups in total. The average molecular weight is 372 g/mol. The van der Waals surface area contributed by atoms with E-state index in [0.29, 0.717) is 29.4 Å². The highest BCUT2D eigenvalue weighted by molar-refractivity contribution is 7.71. The Labute approximate surface area is 157 Å². The number of halogens is 1. The van der Waals surface area contributed by atoms with Crippen LogP contribution in [0.2, 0.25) is 0 Å². The molecule has 0 saturated heterocycles. The predicted octanol–water partition coefficient (Wildman–Crippen LogP) is 3.86. The Bertz CT molecular complexity index is 966. The molecule has 0 aliphatic heterocycles. The number of methoxy groups -OCH3 is 1. The van der Waals surface area contributed by atoms with Gasteiger partial charge in [0.25, 0.3) is 0 Å². The summed E-state index contributed by atoms with van der Waals surface area (Å²) in [7, 11) is 5.44. The van der Waals surface area contributed by atoms with Gasteiger partial charge in [0, 0.05) is 13.6 Å². The summed E-state index contributed by atoms with van der Waals surface area (Å²) < 4.78 is 23.3. The molecule has 3 rings (SSSR count). The molecule has 0 unspecified atom stereocenters. The minimum Gasteiger partial charge on any atom is -0.497 e. The van der Waals surface area contributed by atoms with Crippen LogP contribution >= 0.6 is 12.2 Å². The van der Waals surface area contributed by atoms with E-state index in [1.54, 1.807) is 41.6 Å². The van der Waals surface area contributed by atoms with Gasteiger partial charge in [-0.05, 0) is 49.1 Å². The van der Waals surface area contributed by atoms with E-state index in [2.05, 4.69) is 10.00 Å². The largest absolute Gasteiger partial charge is 0.497 e. The smallest absolute Gasteiger partial charge is 0.199 e. The molecule has 1 heterocycles. The van der Waals surface area contributed by atoms with Crippen molar-refractivity contribution in [3.05, 3.63) is 64.7 Å². The van der Waals surface area contributed by atoms with E-state index in [4.69, 9.17) is 17.0 Å². The van der Waals surface area contributed by atoms with Crippen LogP contribution in [0.4, 0.5) is 4.39 Å². The molecule has 2 aromatic carbocycles. The third-order valence-corrected chi connectivity index (χ3v) is 4.60. The first-order valence-corrected chi connectivity index (χ1v) is 8.60. The van der Waals surface area contributed by atoms with Crippen LogP contribution in [0.3, 0.4) is 0 Å². The highest BCUT2D eigenvalue weighted by Crippen LogP contribution is 2.21. The van der Waals surface area contributed by atoms with E-state index in [1.165, 1.54) is 6.07 Å². The van der Waals surface area contributed by atoms with Gasteiger partial charge in [0.1, 0.15) is 11.6 Å². The molecule has 0 atom stereocenters. The van der Waals surface area contributed by atoms with Crippen molar-refractivity contribution in [3.63, 3.8) is 0 Å². The zero-order valence-electron chi connectivity index (χ0n) is 15.0. The lowest BCUT2D eigenvalue weighted by atomic mass is 10.2. The van der Waals surface area contributed by atoms with Gasteiger partial charge in [-0.25, -0.2) is 9.07 Å². The van der Waals surface area contributed by atoms with Crippen molar-refractivity contribution in [2.24, 2.45) is 7.05 Å². The maximum absolute atomic E-state index is 14.1. The maximum Gasteiger partial charge on any atom is 0.199 e. The normalized spacial score (nSPS) is 11.1. The van der Waals surface area contributed by atoms with E-state index >= 15 is 0 Å². The van der Waals surface area contributed by atoms with E-state index in [-0.39, 0.29) is 5.82 Å². The quantitative estimate of drug-likeness (QED) is 0.616. The zero-order chi connectivity index (χ0) is 18.7. The van der Waals surface area contributed by atoms with Crippen molar-refractivity contribution in [3.8, 4) is 17.1 Å². The summed E-state index contributed by atoms with van der Waals surface area (Å²) in [4.78, 5) is 2.09. The first-order valence-electron chi connectivity index (χ1n) is 8.20. The Morgan fingerprint density at radius 2 is 1.96 bits per heavy atom. The molecule has 0 bridgehead atoms. The molecule has 7 heteroatoms. The number of ether oxygens (including phenoxy) is 1. The highest BCUT2D eigenvalue weighted by atomic mass is 32.1. The van der Waals surface area contributed by atoms with Gasteiger partial charge < -0.3 is 9.30 Å². The van der Waals surface area contributed by atoms with Crippen molar-refractivity contribution in [1.29, 1.82) is 0 Å². The standard InChI is InChI=1S/C19H21FN4OS/c1-22(12-14-7-6-8-15(11-14)25-3)13-24-19(26)23(2)18(21-24)16-9-4-5-10-17(16)20/h4-11H,12-13H2,1-3H3. The molecule has 0 aliphatic carbocycles. The minimum atomic E-state index is -0.313. The zero-order valence-corrected chi connectivity index (χ0v) is 15.8. The molecule has 0 fully saturated rings. The highest BCUT2D eigenvalue weighted by Gasteiger charge is 2.14. The summed E-state index contributed by atoms with van der Waals surface area (Å²) >= 11 is 5.47. The fourth-order valence-electron chi connectivity index (χ4n) is 2.82. The van der Waals surface area contributed by atoms with Gasteiger partial charge in [-0.2, -0.15) is 5.10 Å². The number of hydrogen-bond donors (Lipinski definition) is 0. The van der Waals surface area contributed by atoms with E-state index < -0.39 is 0 Å². The molecule has 5 nitrogen and oxygen atoms in total. The molecular weight excluding hydrogens is 351 g/mol. The third-order valence-electron chi connectivity index (χ3n) is 4.12. The lowest BCUT2D eigenvalue weighted by molar-refractivity contribution is 0.243. The molecular formula is C19H21FN4OS. The van der Waals surface area contributed by atoms with Gasteiger partial charge >= 0.3 is 0 Å². The second-order valence-electron chi connectivity index (χ2n) is 6.15. The fourth-order valence-corrected chi connectivity index (χ4v) is 3.00. The summed E-state index contributed by atoms with van der Waals surface area (Å²) in [5.74, 6) is 1.03. The molecule has 26 heavy (non-hydrogen) atoms. The molecule has 0 radical (unpaired) electrons. The number of aromatic nitrogens is 3. The van der Waals surface area contributed by atoms with Gasteiger partial charge in [0.2, 0.25) is 0 Å². The summed E-state index contributed by atoms with van der Waals surface area (Å²) in [6.07, 6.45) is 0. The van der Waals surface area contributed by atoms with Gasteiger partial charge in [-0.3, -0.25) is 4.90 Å². The lowest BCUT2D eigenvalue weighted by Gasteiger charge is -2.16. The average Bonchev–Trinajstić information content (AvgIpc) is 2.90. The van der Waals surface area contributed by atoms with E-state index in [9.17, 15) is 4.39 Å². The van der Waals surface area contributed by atoms with Crippen LogP contribution in [-0.4, -0.2) is 33.4 Å². The van der Waals surface area contributed by atoms with Crippen LogP contribution in [0.25, 0.3) is 11.4 Å². The van der Waals surface area contributed by atoms with Crippen molar-refractivity contribution < 1.29 is 9.13 Å². The Hall–Kier alpha value is -2.51. The van der Waals surface area contributed by atoms with Crippen LogP contribution in [0.5, 0.6) is 5.75 Å². The SMILES string of the molecule is COc1cccc(CN(C)Cn2nc(-c3ccccc3F)n(C)c2=S)c1. The number of hydrogen-bond acceptors (Lipinski definition) is 4. The lowest BCUT2D eigenvalue weighted by Crippen LogP contribution is -2.22. The number of rotatable bonds is 6. The van der Waals surface area contributed by atoms with Crippen molar-refractivity contribution in [2.75, 3.05) is 14.2 Å². The Morgan fingerprint density at radius 3 is 2.69 bits per heavy atom. The summed E-state index contributed by atoms with van der Waals surface area (Å²) in [5.41, 5.74) is 1.57. The first-order chi connectivity index (χ1) is 12.5. The Kier molecular flexibility index (Phi) is 5.49. The molecule has 1 aromatic heterocycles. The summed E-state index contributed by atoms with van der Waals surface area (Å²) in [5, 5.41) is 4.52. The van der Waals surface area contributed by atoms with Crippen LogP contribution in [0.1, 0.15) is 5.56 Å². The van der Waals surface area contributed by atoms with E-state index in [0.717, 1.165) is 11.3 Å². The van der Waals surface area contributed by atoms with Crippen LogP contribution < -0.4 is 4.74 Å². The van der Waals surface area contributed by atoms with Crippen molar-refractivity contribution in [1.82, 2.24) is 19.2 Å². The van der Waals surface area contributed by atoms with Gasteiger partial charge in [-0.15, -0.1) is 0 Å². The molecule has 0 amide bonds. The number of benzene rings is 2. The first kappa shape index (κ1) is 18.3. The minimum absolute atomic E-state index is 0.313. The third kappa shape index (κ3) is 3.84. The predicted molar refractivity (Wildman–Crippen MR) is 102 cm³/mol. The molecule has 3 aromatic rings.